The van der Waals surface area contributed by atoms with Gasteiger partial charge in [0.2, 0.25) is 5.91 Å². The number of carbonyl (C=O) groups excluding carboxylic acids is 1. The van der Waals surface area contributed by atoms with Crippen LogP contribution < -0.4 is 10.1 Å². The number of nitrogens with zero attached hydrogens (tertiary/aromatic N) is 2. The number of rotatable bonds is 5. The molecule has 0 saturated carbocycles. The SMILES string of the molecule is Cn1ccnc1SCC(=O)Nc1ccc(OC(F)(F)F)cc1. The van der Waals surface area contributed by atoms with Crippen molar-refractivity contribution in [3.05, 3.63) is 36.7 Å². The van der Waals surface area contributed by atoms with Crippen molar-refractivity contribution in [1.29, 1.82) is 0 Å². The Balaban J connectivity index is 1.85. The van der Waals surface area contributed by atoms with Crippen LogP contribution >= 0.6 is 11.8 Å². The Morgan fingerprint density at radius 3 is 2.59 bits per heavy atom. The van der Waals surface area contributed by atoms with Crippen molar-refractivity contribution in [3.63, 3.8) is 0 Å². The summed E-state index contributed by atoms with van der Waals surface area (Å²) in [7, 11) is 1.81. The van der Waals surface area contributed by atoms with Crippen molar-refractivity contribution in [3.8, 4) is 5.75 Å². The lowest BCUT2D eigenvalue weighted by Crippen LogP contribution is -2.17. The van der Waals surface area contributed by atoms with Gasteiger partial charge in [0.1, 0.15) is 5.75 Å². The molecule has 1 aromatic carbocycles. The minimum atomic E-state index is -4.73. The summed E-state index contributed by atoms with van der Waals surface area (Å²) < 4.78 is 41.6. The van der Waals surface area contributed by atoms with E-state index in [1.807, 2.05) is 7.05 Å². The van der Waals surface area contributed by atoms with Crippen LogP contribution in [-0.4, -0.2) is 27.6 Å². The van der Waals surface area contributed by atoms with Gasteiger partial charge in [0.05, 0.1) is 5.75 Å². The van der Waals surface area contributed by atoms with Crippen LogP contribution in [0.4, 0.5) is 18.9 Å². The van der Waals surface area contributed by atoms with Crippen LogP contribution in [0, 0.1) is 0 Å². The van der Waals surface area contributed by atoms with Gasteiger partial charge in [0.15, 0.2) is 5.16 Å². The van der Waals surface area contributed by atoms with Gasteiger partial charge in [-0.25, -0.2) is 4.98 Å². The van der Waals surface area contributed by atoms with Crippen LogP contribution in [0.3, 0.4) is 0 Å². The van der Waals surface area contributed by atoms with Crippen molar-refractivity contribution < 1.29 is 22.7 Å². The molecule has 2 rings (SSSR count). The van der Waals surface area contributed by atoms with E-state index in [1.165, 1.54) is 23.9 Å². The molecule has 9 heteroatoms. The maximum absolute atomic E-state index is 12.0. The number of imidazole rings is 1. The number of nitrogens with one attached hydrogen (secondary N) is 1. The van der Waals surface area contributed by atoms with E-state index < -0.39 is 6.36 Å². The van der Waals surface area contributed by atoms with Crippen molar-refractivity contribution >= 4 is 23.4 Å². The number of aryl methyl sites for hydroxylation is 1. The van der Waals surface area contributed by atoms with Crippen LogP contribution in [0.15, 0.2) is 41.8 Å². The fourth-order valence-corrected chi connectivity index (χ4v) is 2.29. The topological polar surface area (TPSA) is 56.2 Å². The Bertz CT molecular complexity index is 641. The molecule has 0 aliphatic rings. The number of aromatic nitrogens is 2. The highest BCUT2D eigenvalue weighted by atomic mass is 32.2. The zero-order chi connectivity index (χ0) is 16.2. The van der Waals surface area contributed by atoms with Gasteiger partial charge >= 0.3 is 6.36 Å². The van der Waals surface area contributed by atoms with Gasteiger partial charge in [-0.2, -0.15) is 0 Å². The first kappa shape index (κ1) is 16.2. The number of carbonyl (C=O) groups is 1. The molecule has 0 aliphatic heterocycles. The predicted octanol–water partition coefficient (Wildman–Crippen LogP) is 3.05. The number of halogens is 3. The molecule has 0 bridgehead atoms. The maximum atomic E-state index is 12.0. The van der Waals surface area contributed by atoms with Gasteiger partial charge in [-0.1, -0.05) is 11.8 Å². The second-order valence-corrected chi connectivity index (χ2v) is 5.17. The lowest BCUT2D eigenvalue weighted by molar-refractivity contribution is -0.274. The number of hydrogen-bond acceptors (Lipinski definition) is 4. The Hall–Kier alpha value is -2.16. The first-order chi connectivity index (χ1) is 10.3. The average molecular weight is 331 g/mol. The van der Waals surface area contributed by atoms with Crippen molar-refractivity contribution in [2.45, 2.75) is 11.5 Å². The van der Waals surface area contributed by atoms with Gasteiger partial charge in [0, 0.05) is 25.1 Å². The molecular formula is C13H12F3N3O2S. The quantitative estimate of drug-likeness (QED) is 0.856. The largest absolute Gasteiger partial charge is 0.573 e. The van der Waals surface area contributed by atoms with E-state index in [0.717, 1.165) is 12.1 Å². The van der Waals surface area contributed by atoms with Crippen LogP contribution in [-0.2, 0) is 11.8 Å². The molecule has 0 spiro atoms. The molecule has 22 heavy (non-hydrogen) atoms. The van der Waals surface area contributed by atoms with Gasteiger partial charge in [-0.3, -0.25) is 4.79 Å². The molecule has 0 fully saturated rings. The van der Waals surface area contributed by atoms with E-state index in [-0.39, 0.29) is 17.4 Å². The van der Waals surface area contributed by atoms with Crippen molar-refractivity contribution in [2.75, 3.05) is 11.1 Å². The monoisotopic (exact) mass is 331 g/mol. The summed E-state index contributed by atoms with van der Waals surface area (Å²) in [5.41, 5.74) is 0.389. The van der Waals surface area contributed by atoms with E-state index >= 15 is 0 Å². The van der Waals surface area contributed by atoms with E-state index in [0.29, 0.717) is 10.8 Å². The second-order valence-electron chi connectivity index (χ2n) is 4.23. The molecule has 2 aromatic rings. The number of benzene rings is 1. The number of alkyl halides is 3. The van der Waals surface area contributed by atoms with E-state index in [9.17, 15) is 18.0 Å². The molecule has 1 amide bonds. The third-order valence-electron chi connectivity index (χ3n) is 2.48. The molecule has 1 heterocycles. The van der Waals surface area contributed by atoms with Crippen LogP contribution in [0.5, 0.6) is 5.75 Å². The minimum Gasteiger partial charge on any atom is -0.406 e. The zero-order valence-electron chi connectivity index (χ0n) is 11.4. The molecule has 118 valence electrons. The smallest absolute Gasteiger partial charge is 0.406 e. The Labute approximate surface area is 128 Å². The Kier molecular flexibility index (Phi) is 4.96. The molecule has 0 saturated heterocycles. The Morgan fingerprint density at radius 1 is 1.36 bits per heavy atom. The number of thioether (sulfide) groups is 1. The van der Waals surface area contributed by atoms with Crippen molar-refractivity contribution in [1.82, 2.24) is 9.55 Å². The second kappa shape index (κ2) is 6.73. The molecule has 0 unspecified atom stereocenters. The highest BCUT2D eigenvalue weighted by molar-refractivity contribution is 7.99. The third-order valence-corrected chi connectivity index (χ3v) is 3.54. The summed E-state index contributed by atoms with van der Waals surface area (Å²) in [5, 5.41) is 3.28. The average Bonchev–Trinajstić information content (AvgIpc) is 2.83. The van der Waals surface area contributed by atoms with Gasteiger partial charge in [0.25, 0.3) is 0 Å². The van der Waals surface area contributed by atoms with Gasteiger partial charge in [-0.15, -0.1) is 13.2 Å². The first-order valence-corrected chi connectivity index (χ1v) is 7.08. The van der Waals surface area contributed by atoms with Crippen LogP contribution in [0.25, 0.3) is 0 Å². The zero-order valence-corrected chi connectivity index (χ0v) is 12.2. The minimum absolute atomic E-state index is 0.144. The van der Waals surface area contributed by atoms with Gasteiger partial charge < -0.3 is 14.6 Å². The van der Waals surface area contributed by atoms with Crippen molar-refractivity contribution in [2.24, 2.45) is 7.05 Å². The fraction of sp³-hybridized carbons (Fsp3) is 0.231. The summed E-state index contributed by atoms with van der Waals surface area (Å²) in [5.74, 6) is -0.476. The highest BCUT2D eigenvalue weighted by Crippen LogP contribution is 2.24. The number of amides is 1. The highest BCUT2D eigenvalue weighted by Gasteiger charge is 2.30. The van der Waals surface area contributed by atoms with E-state index in [1.54, 1.807) is 17.0 Å². The van der Waals surface area contributed by atoms with Crippen LogP contribution in [0.2, 0.25) is 0 Å². The lowest BCUT2D eigenvalue weighted by Gasteiger charge is -2.10. The third kappa shape index (κ3) is 4.99. The molecule has 0 atom stereocenters. The molecule has 1 aromatic heterocycles. The molecular weight excluding hydrogens is 319 g/mol. The number of hydrogen-bond donors (Lipinski definition) is 1. The fourth-order valence-electron chi connectivity index (χ4n) is 1.56. The Morgan fingerprint density at radius 2 is 2.05 bits per heavy atom. The first-order valence-electron chi connectivity index (χ1n) is 6.09. The predicted molar refractivity (Wildman–Crippen MR) is 75.7 cm³/mol. The summed E-state index contributed by atoms with van der Waals surface area (Å²) in [6.07, 6.45) is -1.34. The summed E-state index contributed by atoms with van der Waals surface area (Å²) in [6.45, 7) is 0. The normalized spacial score (nSPS) is 11.3. The summed E-state index contributed by atoms with van der Waals surface area (Å²) in [6, 6.07) is 4.94. The van der Waals surface area contributed by atoms with E-state index in [2.05, 4.69) is 15.0 Å². The van der Waals surface area contributed by atoms with Gasteiger partial charge in [-0.05, 0) is 24.3 Å². The standard InChI is InChI=1S/C13H12F3N3O2S/c1-19-7-6-17-12(19)22-8-11(20)18-9-2-4-10(5-3-9)21-13(14,15)16/h2-7H,8H2,1H3,(H,18,20). The molecule has 1 N–H and O–H groups in total. The number of ether oxygens (including phenoxy) is 1. The van der Waals surface area contributed by atoms with Crippen LogP contribution in [0.1, 0.15) is 0 Å². The molecule has 0 radical (unpaired) electrons. The van der Waals surface area contributed by atoms with E-state index in [4.69, 9.17) is 0 Å². The lowest BCUT2D eigenvalue weighted by atomic mass is 10.3. The molecule has 5 nitrogen and oxygen atoms in total. The number of anilines is 1. The summed E-state index contributed by atoms with van der Waals surface area (Å²) in [4.78, 5) is 15.8. The maximum Gasteiger partial charge on any atom is 0.573 e. The summed E-state index contributed by atoms with van der Waals surface area (Å²) >= 11 is 1.26. The molecule has 0 aliphatic carbocycles.